The van der Waals surface area contributed by atoms with Gasteiger partial charge in [0.2, 0.25) is 11.0 Å². The van der Waals surface area contributed by atoms with E-state index in [4.69, 9.17) is 4.74 Å². The second kappa shape index (κ2) is 8.59. The van der Waals surface area contributed by atoms with Gasteiger partial charge in [0.15, 0.2) is 4.34 Å². The summed E-state index contributed by atoms with van der Waals surface area (Å²) in [6.45, 7) is 4.91. The Morgan fingerprint density at radius 1 is 1.36 bits per heavy atom. The minimum Gasteiger partial charge on any atom is -0.378 e. The number of halogens is 1. The van der Waals surface area contributed by atoms with Crippen molar-refractivity contribution in [2.24, 2.45) is 0 Å². The van der Waals surface area contributed by atoms with E-state index >= 15 is 0 Å². The fourth-order valence-corrected chi connectivity index (χ4v) is 4.33. The third-order valence-corrected chi connectivity index (χ3v) is 5.76. The van der Waals surface area contributed by atoms with Crippen molar-refractivity contribution in [1.29, 1.82) is 0 Å². The van der Waals surface area contributed by atoms with Crippen LogP contribution in [0.5, 0.6) is 0 Å². The molecule has 6 nitrogen and oxygen atoms in total. The van der Waals surface area contributed by atoms with Gasteiger partial charge in [-0.15, -0.1) is 10.2 Å². The van der Waals surface area contributed by atoms with Crippen LogP contribution in [0.3, 0.4) is 0 Å². The first-order valence-corrected chi connectivity index (χ1v) is 9.66. The number of aromatic nitrogens is 2. The van der Waals surface area contributed by atoms with Crippen molar-refractivity contribution in [3.8, 4) is 0 Å². The Hall–Kier alpha value is -1.71. The zero-order chi connectivity index (χ0) is 17.6. The molecule has 0 aliphatic carbocycles. The van der Waals surface area contributed by atoms with Crippen LogP contribution in [0.25, 0.3) is 0 Å². The lowest BCUT2D eigenvalue weighted by atomic mass is 10.2. The molecule has 2 aromatic rings. The van der Waals surface area contributed by atoms with Gasteiger partial charge in [0, 0.05) is 19.6 Å². The summed E-state index contributed by atoms with van der Waals surface area (Å²) >= 11 is 2.82. The number of hydrogen-bond donors (Lipinski definition) is 1. The summed E-state index contributed by atoms with van der Waals surface area (Å²) in [7, 11) is 0. The number of carbonyl (C=O) groups is 1. The second-order valence-electron chi connectivity index (χ2n) is 5.55. The first kappa shape index (κ1) is 18.1. The zero-order valence-electron chi connectivity index (χ0n) is 13.8. The highest BCUT2D eigenvalue weighted by Crippen LogP contribution is 2.30. The number of rotatable bonds is 6. The fourth-order valence-electron chi connectivity index (χ4n) is 2.35. The summed E-state index contributed by atoms with van der Waals surface area (Å²) in [5.41, 5.74) is 0.960. The lowest BCUT2D eigenvalue weighted by molar-refractivity contribution is -0.134. The summed E-state index contributed by atoms with van der Waals surface area (Å²) in [5.74, 6) is -0.151. The van der Waals surface area contributed by atoms with E-state index in [0.717, 1.165) is 9.90 Å². The largest absolute Gasteiger partial charge is 0.378 e. The van der Waals surface area contributed by atoms with Gasteiger partial charge in [0.1, 0.15) is 5.82 Å². The molecule has 25 heavy (non-hydrogen) atoms. The van der Waals surface area contributed by atoms with Crippen LogP contribution in [0, 0.1) is 5.82 Å². The van der Waals surface area contributed by atoms with Gasteiger partial charge in [0.25, 0.3) is 0 Å². The van der Waals surface area contributed by atoms with Crippen LogP contribution in [0.1, 0.15) is 12.5 Å². The van der Waals surface area contributed by atoms with E-state index in [1.165, 1.54) is 35.2 Å². The number of carbonyl (C=O) groups excluding carboxylic acids is 1. The van der Waals surface area contributed by atoms with Crippen LogP contribution in [0.2, 0.25) is 0 Å². The normalized spacial score (nSPS) is 15.8. The highest BCUT2D eigenvalue weighted by Gasteiger charge is 2.24. The maximum atomic E-state index is 12.9. The molecule has 1 aromatic heterocycles. The summed E-state index contributed by atoms with van der Waals surface area (Å²) in [4.78, 5) is 14.2. The number of amides is 1. The lowest BCUT2D eigenvalue weighted by Gasteiger charge is -2.28. The quantitative estimate of drug-likeness (QED) is 0.775. The topological polar surface area (TPSA) is 67.4 Å². The molecule has 1 aromatic carbocycles. The molecule has 0 bridgehead atoms. The Bertz CT molecular complexity index is 704. The second-order valence-corrected chi connectivity index (χ2v) is 8.12. The molecule has 3 rings (SSSR count). The molecular formula is C16H19FN4O2S2. The lowest BCUT2D eigenvalue weighted by Crippen LogP contribution is -2.44. The molecule has 2 heterocycles. The van der Waals surface area contributed by atoms with Gasteiger partial charge in [0.05, 0.1) is 18.5 Å². The summed E-state index contributed by atoms with van der Waals surface area (Å²) in [6, 6.07) is 6.30. The van der Waals surface area contributed by atoms with Crippen molar-refractivity contribution in [2.45, 2.75) is 23.1 Å². The molecule has 0 radical (unpaired) electrons. The molecule has 1 aliphatic rings. The third-order valence-electron chi connectivity index (χ3n) is 3.71. The maximum absolute atomic E-state index is 12.9. The van der Waals surface area contributed by atoms with Gasteiger partial charge in [-0.1, -0.05) is 35.2 Å². The molecule has 1 N–H and O–H groups in total. The predicted octanol–water partition coefficient (Wildman–Crippen LogP) is 2.63. The SMILES string of the molecule is CC(Sc1nnc(NCc2ccc(F)cc2)s1)C(=O)N1CCOCC1. The molecule has 0 spiro atoms. The zero-order valence-corrected chi connectivity index (χ0v) is 15.4. The number of anilines is 1. The number of morpholine rings is 1. The summed E-state index contributed by atoms with van der Waals surface area (Å²) < 4.78 is 18.9. The molecule has 1 amide bonds. The van der Waals surface area contributed by atoms with E-state index in [1.807, 2.05) is 11.8 Å². The van der Waals surface area contributed by atoms with Gasteiger partial charge in [-0.3, -0.25) is 4.79 Å². The Balaban J connectivity index is 1.50. The van der Waals surface area contributed by atoms with E-state index in [-0.39, 0.29) is 17.0 Å². The van der Waals surface area contributed by atoms with Crippen LogP contribution >= 0.6 is 23.1 Å². The van der Waals surface area contributed by atoms with Gasteiger partial charge in [-0.05, 0) is 24.6 Å². The summed E-state index contributed by atoms with van der Waals surface area (Å²) in [5, 5.41) is 11.8. The van der Waals surface area contributed by atoms with Crippen LogP contribution in [-0.2, 0) is 16.1 Å². The van der Waals surface area contributed by atoms with Gasteiger partial charge >= 0.3 is 0 Å². The number of hydrogen-bond acceptors (Lipinski definition) is 7. The standard InChI is InChI=1S/C16H19FN4O2S2/c1-11(14(22)21-6-8-23-9-7-21)24-16-20-19-15(25-16)18-10-12-2-4-13(17)5-3-12/h2-5,11H,6-10H2,1H3,(H,18,19). The van der Waals surface area contributed by atoms with E-state index in [1.54, 1.807) is 12.1 Å². The Labute approximate surface area is 153 Å². The van der Waals surface area contributed by atoms with Crippen molar-refractivity contribution in [2.75, 3.05) is 31.6 Å². The maximum Gasteiger partial charge on any atom is 0.236 e. The highest BCUT2D eigenvalue weighted by atomic mass is 32.2. The molecular weight excluding hydrogens is 363 g/mol. The molecule has 1 atom stereocenters. The van der Waals surface area contributed by atoms with Crippen molar-refractivity contribution < 1.29 is 13.9 Å². The van der Waals surface area contributed by atoms with Gasteiger partial charge in [-0.2, -0.15) is 0 Å². The van der Waals surface area contributed by atoms with Crippen LogP contribution in [0.4, 0.5) is 9.52 Å². The first-order valence-electron chi connectivity index (χ1n) is 7.97. The van der Waals surface area contributed by atoms with Crippen LogP contribution in [0.15, 0.2) is 28.6 Å². The van der Waals surface area contributed by atoms with Gasteiger partial charge < -0.3 is 15.0 Å². The molecule has 0 saturated carbocycles. The van der Waals surface area contributed by atoms with E-state index < -0.39 is 0 Å². The smallest absolute Gasteiger partial charge is 0.236 e. The Kier molecular flexibility index (Phi) is 6.22. The number of benzene rings is 1. The summed E-state index contributed by atoms with van der Waals surface area (Å²) in [6.07, 6.45) is 0. The number of nitrogens with one attached hydrogen (secondary N) is 1. The number of nitrogens with zero attached hydrogens (tertiary/aromatic N) is 3. The number of ether oxygens (including phenoxy) is 1. The minimum absolute atomic E-state index is 0.101. The van der Waals surface area contributed by atoms with Crippen molar-refractivity contribution in [3.05, 3.63) is 35.6 Å². The fraction of sp³-hybridized carbons (Fsp3) is 0.438. The van der Waals surface area contributed by atoms with Crippen molar-refractivity contribution >= 4 is 34.1 Å². The van der Waals surface area contributed by atoms with E-state index in [9.17, 15) is 9.18 Å². The third kappa shape index (κ3) is 5.13. The Morgan fingerprint density at radius 3 is 2.80 bits per heavy atom. The highest BCUT2D eigenvalue weighted by molar-refractivity contribution is 8.02. The molecule has 1 fully saturated rings. The van der Waals surface area contributed by atoms with E-state index in [0.29, 0.717) is 38.0 Å². The van der Waals surface area contributed by atoms with Gasteiger partial charge in [-0.25, -0.2) is 4.39 Å². The monoisotopic (exact) mass is 382 g/mol. The molecule has 1 saturated heterocycles. The van der Waals surface area contributed by atoms with Crippen LogP contribution < -0.4 is 5.32 Å². The Morgan fingerprint density at radius 2 is 2.08 bits per heavy atom. The molecule has 9 heteroatoms. The van der Waals surface area contributed by atoms with Crippen LogP contribution in [-0.4, -0.2) is 52.6 Å². The molecule has 134 valence electrons. The predicted molar refractivity (Wildman–Crippen MR) is 96.4 cm³/mol. The van der Waals surface area contributed by atoms with E-state index in [2.05, 4.69) is 15.5 Å². The first-order chi connectivity index (χ1) is 12.1. The minimum atomic E-state index is -0.253. The average molecular weight is 382 g/mol. The molecule has 1 aliphatic heterocycles. The number of thioether (sulfide) groups is 1. The van der Waals surface area contributed by atoms with Crippen molar-refractivity contribution in [1.82, 2.24) is 15.1 Å². The van der Waals surface area contributed by atoms with Crippen molar-refractivity contribution in [3.63, 3.8) is 0 Å². The average Bonchev–Trinajstić information content (AvgIpc) is 3.08. The molecule has 1 unspecified atom stereocenters.